The van der Waals surface area contributed by atoms with Gasteiger partial charge < -0.3 is 0 Å². The summed E-state index contributed by atoms with van der Waals surface area (Å²) >= 11 is -2.26. The fraction of sp³-hybridized carbons (Fsp3) is 0.895. The van der Waals surface area contributed by atoms with Crippen molar-refractivity contribution in [3.05, 3.63) is 9.85 Å². The van der Waals surface area contributed by atoms with E-state index < -0.39 is 18.4 Å². The van der Waals surface area contributed by atoms with Crippen LogP contribution in [0.3, 0.4) is 0 Å². The van der Waals surface area contributed by atoms with Gasteiger partial charge in [-0.2, -0.15) is 0 Å². The molecule has 0 fully saturated rings. The van der Waals surface area contributed by atoms with Crippen LogP contribution in [0.15, 0.2) is 9.85 Å². The molecule has 0 aromatic heterocycles. The summed E-state index contributed by atoms with van der Waals surface area (Å²) in [4.78, 5) is 0. The molecular weight excluding hydrogens is 363 g/mol. The van der Waals surface area contributed by atoms with E-state index >= 15 is 0 Å². The zero-order chi connectivity index (χ0) is 15.8. The summed E-state index contributed by atoms with van der Waals surface area (Å²) in [5, 5.41) is 0. The first-order valence-corrected chi connectivity index (χ1v) is 16.8. The van der Waals surface area contributed by atoms with Crippen LogP contribution in [0, 0.1) is 5.41 Å². The molecule has 1 heterocycles. The summed E-state index contributed by atoms with van der Waals surface area (Å²) in [7, 11) is 0. The van der Waals surface area contributed by atoms with Crippen molar-refractivity contribution >= 4 is 18.4 Å². The van der Waals surface area contributed by atoms with E-state index in [0.29, 0.717) is 5.41 Å². The Balaban J connectivity index is 2.92. The number of allylic oxidation sites excluding steroid dienone is 1. The second-order valence-electron chi connectivity index (χ2n) is 7.82. The molecule has 0 radical (unpaired) electrons. The standard InChI is InChI=1S/C7H11O.3C4H9.Sn/c1-7(2)4-3-5-8-6-7;3*1-3-4-2;/h3H,4,6H2,1-2H3;3*1,3-4H2,2H3;. The van der Waals surface area contributed by atoms with Crippen LogP contribution in [-0.4, -0.2) is 25.0 Å². The molecule has 1 aliphatic heterocycles. The van der Waals surface area contributed by atoms with E-state index in [9.17, 15) is 0 Å². The fourth-order valence-electron chi connectivity index (χ4n) is 3.42. The van der Waals surface area contributed by atoms with Crippen LogP contribution in [-0.2, 0) is 4.74 Å². The molecule has 0 N–H and O–H groups in total. The van der Waals surface area contributed by atoms with Crippen molar-refractivity contribution < 1.29 is 4.74 Å². The van der Waals surface area contributed by atoms with Gasteiger partial charge in [0, 0.05) is 0 Å². The van der Waals surface area contributed by atoms with Crippen molar-refractivity contribution in [1.82, 2.24) is 0 Å². The van der Waals surface area contributed by atoms with Crippen LogP contribution in [0.25, 0.3) is 0 Å². The summed E-state index contributed by atoms with van der Waals surface area (Å²) in [6.45, 7) is 12.6. The molecule has 1 nitrogen and oxygen atoms in total. The van der Waals surface area contributed by atoms with E-state index in [0.717, 1.165) is 6.61 Å². The summed E-state index contributed by atoms with van der Waals surface area (Å²) in [6, 6.07) is 0. The Bertz CT molecular complexity index is 298. The topological polar surface area (TPSA) is 9.23 Å². The maximum absolute atomic E-state index is 6.40. The Morgan fingerprint density at radius 2 is 1.43 bits per heavy atom. The number of hydrogen-bond acceptors (Lipinski definition) is 1. The van der Waals surface area contributed by atoms with Gasteiger partial charge in [0.25, 0.3) is 0 Å². The van der Waals surface area contributed by atoms with Gasteiger partial charge in [0.05, 0.1) is 0 Å². The third-order valence-corrected chi connectivity index (χ3v) is 20.2. The molecule has 0 unspecified atom stereocenters. The van der Waals surface area contributed by atoms with Crippen molar-refractivity contribution in [2.75, 3.05) is 6.61 Å². The molecule has 0 aromatic rings. The van der Waals surface area contributed by atoms with Crippen LogP contribution >= 0.6 is 0 Å². The summed E-state index contributed by atoms with van der Waals surface area (Å²) in [5.74, 6) is 0. The second kappa shape index (κ2) is 9.47. The first-order valence-electron chi connectivity index (χ1n) is 9.33. The molecule has 21 heavy (non-hydrogen) atoms. The second-order valence-corrected chi connectivity index (χ2v) is 20.8. The van der Waals surface area contributed by atoms with Crippen molar-refractivity contribution in [1.29, 1.82) is 0 Å². The first kappa shape index (κ1) is 19.4. The summed E-state index contributed by atoms with van der Waals surface area (Å²) in [5.41, 5.74) is 0.349. The molecule has 0 aromatic carbocycles. The maximum atomic E-state index is 6.40. The van der Waals surface area contributed by atoms with Crippen molar-refractivity contribution in [3.8, 4) is 0 Å². The summed E-state index contributed by atoms with van der Waals surface area (Å²) in [6.07, 6.45) is 12.1. The predicted molar refractivity (Wildman–Crippen MR) is 97.3 cm³/mol. The molecule has 0 atom stereocenters. The molecule has 0 aliphatic carbocycles. The predicted octanol–water partition coefficient (Wildman–Crippen LogP) is 6.71. The molecule has 0 saturated heterocycles. The first-order chi connectivity index (χ1) is 9.99. The van der Waals surface area contributed by atoms with Gasteiger partial charge in [0.2, 0.25) is 0 Å². The Kier molecular flexibility index (Phi) is 8.74. The zero-order valence-electron chi connectivity index (χ0n) is 15.3. The molecule has 0 spiro atoms. The van der Waals surface area contributed by atoms with E-state index in [1.54, 1.807) is 3.78 Å². The van der Waals surface area contributed by atoms with Gasteiger partial charge in [-0.15, -0.1) is 0 Å². The van der Waals surface area contributed by atoms with Gasteiger partial charge in [0.1, 0.15) is 0 Å². The van der Waals surface area contributed by atoms with Crippen LogP contribution in [0.1, 0.15) is 79.6 Å². The molecule has 0 bridgehead atoms. The molecule has 2 heteroatoms. The van der Waals surface area contributed by atoms with Gasteiger partial charge in [-0.25, -0.2) is 0 Å². The molecule has 124 valence electrons. The van der Waals surface area contributed by atoms with E-state index in [1.165, 1.54) is 58.3 Å². The molecule has 1 aliphatic rings. The van der Waals surface area contributed by atoms with Gasteiger partial charge in [-0.05, 0) is 0 Å². The average molecular weight is 401 g/mol. The Morgan fingerprint density at radius 1 is 0.952 bits per heavy atom. The number of hydrogen-bond donors (Lipinski definition) is 0. The fourth-order valence-corrected chi connectivity index (χ4v) is 19.1. The van der Waals surface area contributed by atoms with Gasteiger partial charge in [-0.1, -0.05) is 0 Å². The normalized spacial score (nSPS) is 18.2. The van der Waals surface area contributed by atoms with Crippen LogP contribution in [0.2, 0.25) is 13.3 Å². The third-order valence-electron chi connectivity index (χ3n) is 5.01. The van der Waals surface area contributed by atoms with E-state index in [-0.39, 0.29) is 0 Å². The number of ether oxygens (including phenoxy) is 1. The molecular formula is C19H38OSn. The van der Waals surface area contributed by atoms with Crippen molar-refractivity contribution in [2.45, 2.75) is 92.9 Å². The average Bonchev–Trinajstić information content (AvgIpc) is 2.47. The Labute approximate surface area is 137 Å². The monoisotopic (exact) mass is 402 g/mol. The van der Waals surface area contributed by atoms with Gasteiger partial charge >= 0.3 is 138 Å². The third kappa shape index (κ3) is 6.15. The Morgan fingerprint density at radius 3 is 1.76 bits per heavy atom. The summed E-state index contributed by atoms with van der Waals surface area (Å²) < 4.78 is 12.5. The minimum atomic E-state index is -2.26. The number of unbranched alkanes of at least 4 members (excludes halogenated alkanes) is 3. The van der Waals surface area contributed by atoms with Crippen LogP contribution in [0.4, 0.5) is 0 Å². The minimum absolute atomic E-state index is 0.349. The molecule has 1 rings (SSSR count). The van der Waals surface area contributed by atoms with Crippen molar-refractivity contribution in [3.63, 3.8) is 0 Å². The molecule has 0 saturated carbocycles. The van der Waals surface area contributed by atoms with E-state index in [2.05, 4.69) is 40.7 Å². The van der Waals surface area contributed by atoms with Crippen LogP contribution < -0.4 is 0 Å². The quantitative estimate of drug-likeness (QED) is 0.370. The van der Waals surface area contributed by atoms with Crippen LogP contribution in [0.5, 0.6) is 0 Å². The molecule has 0 amide bonds. The van der Waals surface area contributed by atoms with E-state index in [4.69, 9.17) is 4.74 Å². The van der Waals surface area contributed by atoms with Gasteiger partial charge in [-0.3, -0.25) is 0 Å². The number of rotatable bonds is 10. The van der Waals surface area contributed by atoms with E-state index in [1.807, 2.05) is 0 Å². The Hall–Kier alpha value is 0.339. The SMILES string of the molecule is CCC[CH2][Sn]([CH2]CCC)([CH2]CCC)[C]1=CCC(C)(C)CO1. The van der Waals surface area contributed by atoms with Crippen molar-refractivity contribution in [2.24, 2.45) is 5.41 Å². The zero-order valence-corrected chi connectivity index (χ0v) is 18.1. The van der Waals surface area contributed by atoms with Gasteiger partial charge in [0.15, 0.2) is 0 Å².